The number of rotatable bonds is 5. The smallest absolute Gasteiger partial charge is 0.342 e. The lowest BCUT2D eigenvalue weighted by atomic mass is 10.1. The van der Waals surface area contributed by atoms with Crippen molar-refractivity contribution in [2.45, 2.75) is 6.92 Å². The average Bonchev–Trinajstić information content (AvgIpc) is 3.13. The van der Waals surface area contributed by atoms with E-state index in [1.54, 1.807) is 31.2 Å². The summed E-state index contributed by atoms with van der Waals surface area (Å²) >= 11 is 0. The van der Waals surface area contributed by atoms with Crippen LogP contribution in [0.15, 0.2) is 48.7 Å². The Labute approximate surface area is 165 Å². The molecule has 0 atom stereocenters. The molecular weight excluding hydrogens is 376 g/mol. The number of phenols is 2. The van der Waals surface area contributed by atoms with Crippen LogP contribution >= 0.6 is 0 Å². The number of aromatic nitrogens is 2. The van der Waals surface area contributed by atoms with Crippen molar-refractivity contribution in [3.8, 4) is 23.3 Å². The van der Waals surface area contributed by atoms with E-state index in [0.29, 0.717) is 11.3 Å². The molecule has 0 radical (unpaired) electrons. The van der Waals surface area contributed by atoms with Crippen molar-refractivity contribution >= 4 is 17.7 Å². The maximum atomic E-state index is 12.3. The minimum absolute atomic E-state index is 0.134. The highest BCUT2D eigenvalue weighted by Crippen LogP contribution is 2.32. The van der Waals surface area contributed by atoms with Crippen LogP contribution in [0.1, 0.15) is 21.5 Å². The topological polar surface area (TPSA) is 137 Å². The van der Waals surface area contributed by atoms with Gasteiger partial charge in [0, 0.05) is 0 Å². The van der Waals surface area contributed by atoms with Crippen LogP contribution < -0.4 is 5.32 Å². The lowest BCUT2D eigenvalue weighted by Crippen LogP contribution is -2.23. The normalized spacial score (nSPS) is 10.2. The first-order valence-electron chi connectivity index (χ1n) is 8.44. The predicted octanol–water partition coefficient (Wildman–Crippen LogP) is 2.26. The zero-order chi connectivity index (χ0) is 21.0. The van der Waals surface area contributed by atoms with Crippen LogP contribution in [0.4, 0.5) is 5.82 Å². The molecule has 3 N–H and O–H groups in total. The van der Waals surface area contributed by atoms with Gasteiger partial charge in [-0.15, -0.1) is 0 Å². The number of hydrogen-bond donors (Lipinski definition) is 3. The van der Waals surface area contributed by atoms with Crippen molar-refractivity contribution in [3.63, 3.8) is 0 Å². The van der Waals surface area contributed by atoms with Crippen molar-refractivity contribution < 1.29 is 24.5 Å². The number of esters is 1. The molecule has 0 fully saturated rings. The van der Waals surface area contributed by atoms with Gasteiger partial charge in [0.25, 0.3) is 5.91 Å². The van der Waals surface area contributed by atoms with Crippen LogP contribution in [0.5, 0.6) is 11.5 Å². The summed E-state index contributed by atoms with van der Waals surface area (Å²) in [5.74, 6) is -2.61. The minimum Gasteiger partial charge on any atom is -0.504 e. The van der Waals surface area contributed by atoms with Crippen LogP contribution in [0.2, 0.25) is 0 Å². The third-order valence-corrected chi connectivity index (χ3v) is 4.06. The maximum absolute atomic E-state index is 12.3. The summed E-state index contributed by atoms with van der Waals surface area (Å²) in [7, 11) is 0. The highest BCUT2D eigenvalue weighted by Gasteiger charge is 2.20. The third-order valence-electron chi connectivity index (χ3n) is 4.06. The van der Waals surface area contributed by atoms with Crippen LogP contribution in [0, 0.1) is 18.3 Å². The molecule has 1 amide bonds. The SMILES string of the molecule is Cc1ccc(C(=O)OCC(=O)Nc2c(C#N)cnn2-c2ccccc2)c(O)c1O. The number of benzene rings is 2. The molecule has 0 aliphatic carbocycles. The fourth-order valence-corrected chi connectivity index (χ4v) is 2.54. The quantitative estimate of drug-likeness (QED) is 0.447. The van der Waals surface area contributed by atoms with Gasteiger partial charge in [0.05, 0.1) is 11.9 Å². The molecule has 0 saturated carbocycles. The number of ether oxygens (including phenoxy) is 1. The van der Waals surface area contributed by atoms with E-state index in [1.807, 2.05) is 12.1 Å². The number of aryl methyl sites for hydroxylation is 1. The van der Waals surface area contributed by atoms with Crippen molar-refractivity contribution in [2.75, 3.05) is 11.9 Å². The maximum Gasteiger partial charge on any atom is 0.342 e. The Morgan fingerprint density at radius 1 is 1.17 bits per heavy atom. The minimum atomic E-state index is -0.981. The lowest BCUT2D eigenvalue weighted by molar-refractivity contribution is -0.119. The van der Waals surface area contributed by atoms with Gasteiger partial charge in [-0.1, -0.05) is 24.3 Å². The summed E-state index contributed by atoms with van der Waals surface area (Å²) in [4.78, 5) is 24.4. The van der Waals surface area contributed by atoms with Gasteiger partial charge < -0.3 is 20.3 Å². The summed E-state index contributed by atoms with van der Waals surface area (Å²) in [5, 5.41) is 35.4. The largest absolute Gasteiger partial charge is 0.504 e. The average molecular weight is 392 g/mol. The summed E-state index contributed by atoms with van der Waals surface area (Å²) in [6.07, 6.45) is 1.31. The van der Waals surface area contributed by atoms with Crippen LogP contribution in [0.25, 0.3) is 5.69 Å². The van der Waals surface area contributed by atoms with E-state index in [-0.39, 0.29) is 16.9 Å². The molecule has 0 bridgehead atoms. The number of hydrogen-bond acceptors (Lipinski definition) is 7. The highest BCUT2D eigenvalue weighted by atomic mass is 16.5. The molecule has 3 rings (SSSR count). The Balaban J connectivity index is 1.72. The fourth-order valence-electron chi connectivity index (χ4n) is 2.54. The summed E-state index contributed by atoms with van der Waals surface area (Å²) in [5.41, 5.74) is 0.874. The zero-order valence-electron chi connectivity index (χ0n) is 15.3. The second kappa shape index (κ2) is 8.14. The van der Waals surface area contributed by atoms with E-state index >= 15 is 0 Å². The molecule has 9 heteroatoms. The Bertz CT molecular complexity index is 1120. The number of para-hydroxylation sites is 1. The first kappa shape index (κ1) is 19.4. The van der Waals surface area contributed by atoms with Crippen molar-refractivity contribution in [3.05, 3.63) is 65.4 Å². The van der Waals surface area contributed by atoms with Gasteiger partial charge in [-0.3, -0.25) is 4.79 Å². The number of nitriles is 1. The first-order valence-corrected chi connectivity index (χ1v) is 8.44. The van der Waals surface area contributed by atoms with Gasteiger partial charge in [-0.2, -0.15) is 10.4 Å². The van der Waals surface area contributed by atoms with Crippen molar-refractivity contribution in [1.82, 2.24) is 9.78 Å². The molecule has 1 heterocycles. The molecule has 0 spiro atoms. The van der Waals surface area contributed by atoms with E-state index in [9.17, 15) is 25.1 Å². The predicted molar refractivity (Wildman–Crippen MR) is 102 cm³/mol. The van der Waals surface area contributed by atoms with Crippen molar-refractivity contribution in [1.29, 1.82) is 5.26 Å². The second-order valence-corrected chi connectivity index (χ2v) is 6.02. The van der Waals surface area contributed by atoms with Gasteiger partial charge in [0.15, 0.2) is 23.9 Å². The van der Waals surface area contributed by atoms with Gasteiger partial charge in [-0.05, 0) is 30.7 Å². The summed E-state index contributed by atoms with van der Waals surface area (Å²) in [6.45, 7) is 0.887. The zero-order valence-corrected chi connectivity index (χ0v) is 15.3. The monoisotopic (exact) mass is 392 g/mol. The lowest BCUT2D eigenvalue weighted by Gasteiger charge is -2.11. The van der Waals surface area contributed by atoms with Gasteiger partial charge >= 0.3 is 5.97 Å². The van der Waals surface area contributed by atoms with Gasteiger partial charge in [-0.25, -0.2) is 9.48 Å². The number of amides is 1. The van der Waals surface area contributed by atoms with E-state index in [0.717, 1.165) is 0 Å². The van der Waals surface area contributed by atoms with Crippen LogP contribution in [-0.2, 0) is 9.53 Å². The van der Waals surface area contributed by atoms with E-state index in [1.165, 1.54) is 23.0 Å². The summed E-state index contributed by atoms with van der Waals surface area (Å²) in [6, 6.07) is 13.5. The number of aromatic hydroxyl groups is 2. The number of nitrogens with one attached hydrogen (secondary N) is 1. The Morgan fingerprint density at radius 2 is 1.90 bits per heavy atom. The molecule has 0 aliphatic heterocycles. The molecule has 0 unspecified atom stereocenters. The van der Waals surface area contributed by atoms with E-state index in [4.69, 9.17) is 4.74 Å². The second-order valence-electron chi connectivity index (χ2n) is 6.02. The van der Waals surface area contributed by atoms with Gasteiger partial charge in [0.2, 0.25) is 0 Å². The molecule has 3 aromatic rings. The molecular formula is C20H16N4O5. The van der Waals surface area contributed by atoms with Crippen molar-refractivity contribution in [2.24, 2.45) is 0 Å². The molecule has 2 aromatic carbocycles. The molecule has 0 aliphatic rings. The molecule has 1 aromatic heterocycles. The number of carbonyl (C=O) groups is 2. The van der Waals surface area contributed by atoms with E-state index in [2.05, 4.69) is 10.4 Å². The Kier molecular flexibility index (Phi) is 5.46. The number of anilines is 1. The molecule has 0 saturated heterocycles. The number of nitrogens with zero attached hydrogens (tertiary/aromatic N) is 3. The molecule has 29 heavy (non-hydrogen) atoms. The molecule has 146 valence electrons. The highest BCUT2D eigenvalue weighted by molar-refractivity contribution is 5.97. The first-order chi connectivity index (χ1) is 13.9. The number of phenolic OH excluding ortho intramolecular Hbond substituents is 2. The number of carbonyl (C=O) groups excluding carboxylic acids is 2. The standard InChI is InChI=1S/C20H16N4O5/c1-12-7-8-15(18(27)17(12)26)20(28)29-11-16(25)23-19-13(9-21)10-22-24(19)14-5-3-2-4-6-14/h2-8,10,26-27H,11H2,1H3,(H,23,25). The van der Waals surface area contributed by atoms with Crippen LogP contribution in [0.3, 0.4) is 0 Å². The fraction of sp³-hybridized carbons (Fsp3) is 0.100. The summed E-state index contributed by atoms with van der Waals surface area (Å²) < 4.78 is 6.28. The van der Waals surface area contributed by atoms with E-state index < -0.39 is 30.0 Å². The third kappa shape index (κ3) is 4.01. The van der Waals surface area contributed by atoms with Gasteiger partial charge in [0.1, 0.15) is 17.2 Å². The Morgan fingerprint density at radius 3 is 2.59 bits per heavy atom. The van der Waals surface area contributed by atoms with Crippen LogP contribution in [-0.4, -0.2) is 38.5 Å². The molecule has 9 nitrogen and oxygen atoms in total. The Hall–Kier alpha value is -4.32.